The summed E-state index contributed by atoms with van der Waals surface area (Å²) < 4.78 is 5.19. The molecular weight excluding hydrogens is 282 g/mol. The van der Waals surface area contributed by atoms with Crippen LogP contribution >= 0.6 is 11.3 Å². The van der Waals surface area contributed by atoms with Gasteiger partial charge in [0.2, 0.25) is 0 Å². The molecule has 4 nitrogen and oxygen atoms in total. The summed E-state index contributed by atoms with van der Waals surface area (Å²) in [5, 5.41) is 6.90. The van der Waals surface area contributed by atoms with E-state index >= 15 is 0 Å². The molecule has 0 saturated carbocycles. The van der Waals surface area contributed by atoms with Gasteiger partial charge in [-0.3, -0.25) is 0 Å². The molecule has 1 unspecified atom stereocenters. The second-order valence-electron chi connectivity index (χ2n) is 5.17. The molecule has 1 aromatic carbocycles. The van der Waals surface area contributed by atoms with Crippen LogP contribution in [0.5, 0.6) is 5.75 Å². The first-order valence-electron chi connectivity index (χ1n) is 6.90. The van der Waals surface area contributed by atoms with Gasteiger partial charge in [-0.05, 0) is 49.1 Å². The molecule has 0 spiro atoms. The number of anilines is 2. The SMILES string of the molecule is COc1ccc(NC2=NC(C)N(C)c3scc(C)c32)cc1. The van der Waals surface area contributed by atoms with Gasteiger partial charge in [-0.15, -0.1) is 11.3 Å². The summed E-state index contributed by atoms with van der Waals surface area (Å²) in [6, 6.07) is 7.91. The van der Waals surface area contributed by atoms with E-state index in [1.54, 1.807) is 18.4 Å². The molecule has 1 aliphatic heterocycles. The maximum absolute atomic E-state index is 5.19. The molecule has 1 aliphatic rings. The first-order chi connectivity index (χ1) is 10.1. The molecule has 110 valence electrons. The van der Waals surface area contributed by atoms with E-state index in [-0.39, 0.29) is 6.17 Å². The molecule has 0 fully saturated rings. The van der Waals surface area contributed by atoms with Crippen LogP contribution in [0.2, 0.25) is 0 Å². The summed E-state index contributed by atoms with van der Waals surface area (Å²) in [5.74, 6) is 1.80. The van der Waals surface area contributed by atoms with Crippen LogP contribution in [0.25, 0.3) is 0 Å². The summed E-state index contributed by atoms with van der Waals surface area (Å²) in [6.45, 7) is 4.23. The summed E-state index contributed by atoms with van der Waals surface area (Å²) in [4.78, 5) is 7.00. The molecule has 1 atom stereocenters. The molecule has 3 rings (SSSR count). The summed E-state index contributed by atoms with van der Waals surface area (Å²) in [6.07, 6.45) is 0.135. The minimum absolute atomic E-state index is 0.135. The van der Waals surface area contributed by atoms with Gasteiger partial charge in [0.25, 0.3) is 0 Å². The number of fused-ring (bicyclic) bond motifs is 1. The average Bonchev–Trinajstić information content (AvgIpc) is 2.88. The van der Waals surface area contributed by atoms with Crippen molar-refractivity contribution in [2.24, 2.45) is 4.99 Å². The second kappa shape index (κ2) is 5.41. The highest BCUT2D eigenvalue weighted by molar-refractivity contribution is 7.14. The molecule has 5 heteroatoms. The van der Waals surface area contributed by atoms with Gasteiger partial charge in [-0.25, -0.2) is 4.99 Å². The molecule has 0 aliphatic carbocycles. The number of hydrogen-bond acceptors (Lipinski definition) is 5. The van der Waals surface area contributed by atoms with Crippen LogP contribution < -0.4 is 15.0 Å². The Morgan fingerprint density at radius 1 is 1.29 bits per heavy atom. The van der Waals surface area contributed by atoms with Crippen molar-refractivity contribution in [3.8, 4) is 5.75 Å². The minimum atomic E-state index is 0.135. The zero-order valence-electron chi connectivity index (χ0n) is 12.7. The van der Waals surface area contributed by atoms with Crippen LogP contribution in [-0.2, 0) is 0 Å². The molecular formula is C16H19N3OS. The Kier molecular flexibility index (Phi) is 3.59. The summed E-state index contributed by atoms with van der Waals surface area (Å²) in [5.41, 5.74) is 3.48. The Morgan fingerprint density at radius 3 is 2.67 bits per heavy atom. The highest BCUT2D eigenvalue weighted by Gasteiger charge is 2.25. The van der Waals surface area contributed by atoms with Crippen LogP contribution in [-0.4, -0.2) is 26.2 Å². The Morgan fingerprint density at radius 2 is 2.00 bits per heavy atom. The molecule has 0 saturated heterocycles. The van der Waals surface area contributed by atoms with Crippen molar-refractivity contribution in [3.63, 3.8) is 0 Å². The van der Waals surface area contributed by atoms with Crippen LogP contribution in [0.15, 0.2) is 34.6 Å². The van der Waals surface area contributed by atoms with E-state index in [2.05, 4.69) is 36.5 Å². The second-order valence-corrected chi connectivity index (χ2v) is 6.03. The van der Waals surface area contributed by atoms with Crippen molar-refractivity contribution >= 4 is 27.9 Å². The number of methoxy groups -OCH3 is 1. The highest BCUT2D eigenvalue weighted by atomic mass is 32.1. The Hall–Kier alpha value is -2.01. The third-order valence-electron chi connectivity index (χ3n) is 3.74. The van der Waals surface area contributed by atoms with E-state index < -0.39 is 0 Å². The number of rotatable bonds is 2. The molecule has 0 amide bonds. The van der Waals surface area contributed by atoms with Gasteiger partial charge in [0.05, 0.1) is 12.7 Å². The Labute approximate surface area is 129 Å². The fourth-order valence-corrected chi connectivity index (χ4v) is 3.49. The quantitative estimate of drug-likeness (QED) is 0.918. The van der Waals surface area contributed by atoms with Crippen molar-refractivity contribution in [1.29, 1.82) is 0 Å². The van der Waals surface area contributed by atoms with Crippen molar-refractivity contribution in [1.82, 2.24) is 0 Å². The molecule has 2 aromatic rings. The smallest absolute Gasteiger partial charge is 0.138 e. The van der Waals surface area contributed by atoms with E-state index in [1.165, 1.54) is 16.1 Å². The maximum Gasteiger partial charge on any atom is 0.138 e. The van der Waals surface area contributed by atoms with E-state index in [0.717, 1.165) is 17.3 Å². The predicted molar refractivity (Wildman–Crippen MR) is 90.1 cm³/mol. The number of nitrogens with one attached hydrogen (secondary N) is 1. The van der Waals surface area contributed by atoms with Gasteiger partial charge in [0.1, 0.15) is 22.8 Å². The first-order valence-corrected chi connectivity index (χ1v) is 7.78. The number of hydrogen-bond donors (Lipinski definition) is 1. The number of amidine groups is 1. The van der Waals surface area contributed by atoms with Crippen LogP contribution in [0.4, 0.5) is 10.7 Å². The predicted octanol–water partition coefficient (Wildman–Crippen LogP) is 3.72. The fourth-order valence-electron chi connectivity index (χ4n) is 2.39. The van der Waals surface area contributed by atoms with E-state index in [9.17, 15) is 0 Å². The summed E-state index contributed by atoms with van der Waals surface area (Å²) in [7, 11) is 3.76. The van der Waals surface area contributed by atoms with Crippen molar-refractivity contribution in [2.45, 2.75) is 20.0 Å². The lowest BCUT2D eigenvalue weighted by Gasteiger charge is -2.30. The minimum Gasteiger partial charge on any atom is -0.497 e. The lowest BCUT2D eigenvalue weighted by Crippen LogP contribution is -2.35. The zero-order chi connectivity index (χ0) is 15.0. The lowest BCUT2D eigenvalue weighted by atomic mass is 10.1. The number of ether oxygens (including phenoxy) is 1. The summed E-state index contributed by atoms with van der Waals surface area (Å²) >= 11 is 1.77. The molecule has 1 N–H and O–H groups in total. The van der Waals surface area contributed by atoms with Crippen LogP contribution in [0, 0.1) is 6.92 Å². The van der Waals surface area contributed by atoms with E-state index in [0.29, 0.717) is 0 Å². The first kappa shape index (κ1) is 13.9. The van der Waals surface area contributed by atoms with Crippen molar-refractivity contribution < 1.29 is 4.74 Å². The number of aliphatic imine (C=N–C) groups is 1. The van der Waals surface area contributed by atoms with Gasteiger partial charge in [0, 0.05) is 12.7 Å². The number of thiophene rings is 1. The molecule has 0 bridgehead atoms. The Bertz CT molecular complexity index is 675. The molecule has 21 heavy (non-hydrogen) atoms. The number of benzene rings is 1. The zero-order valence-corrected chi connectivity index (χ0v) is 13.5. The molecule has 1 aromatic heterocycles. The van der Waals surface area contributed by atoms with Crippen molar-refractivity contribution in [3.05, 3.63) is 40.8 Å². The highest BCUT2D eigenvalue weighted by Crippen LogP contribution is 2.36. The monoisotopic (exact) mass is 301 g/mol. The van der Waals surface area contributed by atoms with Crippen LogP contribution in [0.3, 0.4) is 0 Å². The Balaban J connectivity index is 1.93. The topological polar surface area (TPSA) is 36.9 Å². The van der Waals surface area contributed by atoms with E-state index in [4.69, 9.17) is 9.73 Å². The fraction of sp³-hybridized carbons (Fsp3) is 0.312. The maximum atomic E-state index is 5.19. The standard InChI is InChI=1S/C16H19N3OS/c1-10-9-21-16-14(10)15(17-11(2)19(16)3)18-12-5-7-13(20-4)8-6-12/h5-9,11H,1-4H3,(H,17,18). The van der Waals surface area contributed by atoms with Gasteiger partial charge in [0.15, 0.2) is 0 Å². The van der Waals surface area contributed by atoms with Crippen LogP contribution in [0.1, 0.15) is 18.1 Å². The normalized spacial score (nSPS) is 17.2. The lowest BCUT2D eigenvalue weighted by molar-refractivity contribution is 0.415. The van der Waals surface area contributed by atoms with Gasteiger partial charge >= 0.3 is 0 Å². The third-order valence-corrected chi connectivity index (χ3v) is 4.93. The molecule has 0 radical (unpaired) electrons. The van der Waals surface area contributed by atoms with E-state index in [1.807, 2.05) is 24.3 Å². The third kappa shape index (κ3) is 2.49. The average molecular weight is 301 g/mol. The van der Waals surface area contributed by atoms with Gasteiger partial charge < -0.3 is 15.0 Å². The number of aryl methyl sites for hydroxylation is 1. The number of nitrogens with zero attached hydrogens (tertiary/aromatic N) is 2. The molecule has 2 heterocycles. The van der Waals surface area contributed by atoms with Gasteiger partial charge in [-0.1, -0.05) is 0 Å². The largest absolute Gasteiger partial charge is 0.497 e. The van der Waals surface area contributed by atoms with Gasteiger partial charge in [-0.2, -0.15) is 0 Å². The van der Waals surface area contributed by atoms with Crippen molar-refractivity contribution in [2.75, 3.05) is 24.4 Å².